The second-order valence-electron chi connectivity index (χ2n) is 4.38. The van der Waals surface area contributed by atoms with Gasteiger partial charge in [-0.25, -0.2) is 4.79 Å². The highest BCUT2D eigenvalue weighted by atomic mass is 19.4. The lowest BCUT2D eigenvalue weighted by molar-refractivity contribution is -0.137. The van der Waals surface area contributed by atoms with E-state index in [1.165, 1.54) is 18.2 Å². The number of rotatable bonds is 3. The molecule has 0 spiro atoms. The fourth-order valence-electron chi connectivity index (χ4n) is 1.78. The molecule has 7 heteroatoms. The van der Waals surface area contributed by atoms with Gasteiger partial charge in [-0.3, -0.25) is 4.79 Å². The summed E-state index contributed by atoms with van der Waals surface area (Å²) in [6.45, 7) is -0.00189. The van der Waals surface area contributed by atoms with Crippen LogP contribution in [0.2, 0.25) is 0 Å². The van der Waals surface area contributed by atoms with Crippen molar-refractivity contribution in [2.75, 3.05) is 0 Å². The molecule has 1 N–H and O–H groups in total. The van der Waals surface area contributed by atoms with E-state index in [2.05, 4.69) is 0 Å². The maximum atomic E-state index is 12.4. The van der Waals surface area contributed by atoms with Gasteiger partial charge in [0.15, 0.2) is 0 Å². The first-order valence-electron chi connectivity index (χ1n) is 5.87. The van der Waals surface area contributed by atoms with E-state index in [0.717, 1.165) is 29.0 Å². The van der Waals surface area contributed by atoms with Gasteiger partial charge in [-0.05, 0) is 23.8 Å². The summed E-state index contributed by atoms with van der Waals surface area (Å²) in [5.74, 6) is -1.18. The van der Waals surface area contributed by atoms with Crippen LogP contribution in [0.5, 0.6) is 0 Å². The third-order valence-corrected chi connectivity index (χ3v) is 2.86. The number of hydrogen-bond donors (Lipinski definition) is 1. The van der Waals surface area contributed by atoms with Gasteiger partial charge in [-0.2, -0.15) is 13.2 Å². The molecule has 0 saturated carbocycles. The third kappa shape index (κ3) is 3.50. The Morgan fingerprint density at radius 3 is 2.24 bits per heavy atom. The topological polar surface area (TPSA) is 59.3 Å². The molecule has 1 heterocycles. The quantitative estimate of drug-likeness (QED) is 0.947. The Morgan fingerprint density at radius 2 is 1.71 bits per heavy atom. The van der Waals surface area contributed by atoms with Crippen LogP contribution in [0, 0.1) is 0 Å². The summed E-state index contributed by atoms with van der Waals surface area (Å²) >= 11 is 0. The van der Waals surface area contributed by atoms with Gasteiger partial charge in [0, 0.05) is 12.3 Å². The molecule has 1 aromatic heterocycles. The number of aromatic carboxylic acids is 1. The number of hydrogen-bond acceptors (Lipinski definition) is 2. The molecule has 0 bridgehead atoms. The normalized spacial score (nSPS) is 11.4. The summed E-state index contributed by atoms with van der Waals surface area (Å²) in [7, 11) is 0. The van der Waals surface area contributed by atoms with Crippen LogP contribution in [0.1, 0.15) is 21.5 Å². The van der Waals surface area contributed by atoms with E-state index in [1.54, 1.807) is 0 Å². The van der Waals surface area contributed by atoms with E-state index in [0.29, 0.717) is 5.56 Å². The highest BCUT2D eigenvalue weighted by Crippen LogP contribution is 2.29. The first-order chi connectivity index (χ1) is 9.77. The number of halogens is 3. The van der Waals surface area contributed by atoms with Crippen LogP contribution in [0.3, 0.4) is 0 Å². The van der Waals surface area contributed by atoms with Crippen LogP contribution in [0.25, 0.3) is 0 Å². The predicted octanol–water partition coefficient (Wildman–Crippen LogP) is 2.61. The number of carbonyl (C=O) groups is 1. The van der Waals surface area contributed by atoms with Gasteiger partial charge in [0.2, 0.25) is 0 Å². The van der Waals surface area contributed by atoms with Crippen molar-refractivity contribution >= 4 is 5.97 Å². The minimum Gasteiger partial charge on any atom is -0.478 e. The number of pyridine rings is 1. The fourth-order valence-corrected chi connectivity index (χ4v) is 1.78. The molecule has 110 valence electrons. The van der Waals surface area contributed by atoms with Crippen molar-refractivity contribution in [3.63, 3.8) is 0 Å². The zero-order valence-corrected chi connectivity index (χ0v) is 10.6. The number of carboxylic acids is 1. The van der Waals surface area contributed by atoms with Gasteiger partial charge in [-0.1, -0.05) is 12.1 Å². The zero-order valence-electron chi connectivity index (χ0n) is 10.6. The molecule has 4 nitrogen and oxygen atoms in total. The lowest BCUT2D eigenvalue weighted by atomic mass is 10.1. The summed E-state index contributed by atoms with van der Waals surface area (Å²) in [4.78, 5) is 22.4. The van der Waals surface area contributed by atoms with E-state index < -0.39 is 23.3 Å². The maximum absolute atomic E-state index is 12.4. The highest BCUT2D eigenvalue weighted by molar-refractivity contribution is 5.87. The number of carboxylic acid groups (broad SMARTS) is 1. The molecule has 0 aliphatic carbocycles. The second-order valence-corrected chi connectivity index (χ2v) is 4.38. The van der Waals surface area contributed by atoms with Crippen LogP contribution < -0.4 is 5.56 Å². The largest absolute Gasteiger partial charge is 0.478 e. The van der Waals surface area contributed by atoms with Gasteiger partial charge in [-0.15, -0.1) is 0 Å². The molecular weight excluding hydrogens is 287 g/mol. The van der Waals surface area contributed by atoms with Gasteiger partial charge in [0.25, 0.3) is 5.56 Å². The third-order valence-electron chi connectivity index (χ3n) is 2.86. The Balaban J connectivity index is 2.28. The molecule has 0 unspecified atom stereocenters. The lowest BCUT2D eigenvalue weighted by Gasteiger charge is -2.09. The number of benzene rings is 1. The standard InChI is InChI=1S/C14H10F3NO3/c15-14(16,17)11-4-1-9(2-5-11)7-18-8-10(13(20)21)3-6-12(18)19/h1-6,8H,7H2,(H,20,21). The van der Waals surface area contributed by atoms with E-state index >= 15 is 0 Å². The van der Waals surface area contributed by atoms with Crippen molar-refractivity contribution in [3.8, 4) is 0 Å². The Morgan fingerprint density at radius 1 is 1.10 bits per heavy atom. The Hall–Kier alpha value is -2.57. The maximum Gasteiger partial charge on any atom is 0.416 e. The van der Waals surface area contributed by atoms with Crippen LogP contribution in [0.4, 0.5) is 13.2 Å². The van der Waals surface area contributed by atoms with Gasteiger partial charge < -0.3 is 9.67 Å². The molecule has 0 radical (unpaired) electrons. The van der Waals surface area contributed by atoms with Crippen molar-refractivity contribution in [1.29, 1.82) is 0 Å². The molecule has 2 rings (SSSR count). The van der Waals surface area contributed by atoms with Crippen LogP contribution in [-0.2, 0) is 12.7 Å². The Labute approximate surface area is 117 Å². The average molecular weight is 297 g/mol. The lowest BCUT2D eigenvalue weighted by Crippen LogP contribution is -2.20. The molecule has 2 aromatic rings. The molecule has 0 saturated heterocycles. The summed E-state index contributed by atoms with van der Waals surface area (Å²) in [6.07, 6.45) is -3.26. The van der Waals surface area contributed by atoms with E-state index in [-0.39, 0.29) is 12.1 Å². The fraction of sp³-hybridized carbons (Fsp3) is 0.143. The predicted molar refractivity (Wildman–Crippen MR) is 68.2 cm³/mol. The summed E-state index contributed by atoms with van der Waals surface area (Å²) in [6, 6.07) is 6.62. The molecule has 1 aromatic carbocycles. The monoisotopic (exact) mass is 297 g/mol. The first-order valence-corrected chi connectivity index (χ1v) is 5.87. The van der Waals surface area contributed by atoms with Crippen LogP contribution in [0.15, 0.2) is 47.4 Å². The summed E-state index contributed by atoms with van der Waals surface area (Å²) < 4.78 is 38.4. The number of nitrogens with zero attached hydrogens (tertiary/aromatic N) is 1. The SMILES string of the molecule is O=C(O)c1ccc(=O)n(Cc2ccc(C(F)(F)F)cc2)c1. The molecular formula is C14H10F3NO3. The molecule has 0 fully saturated rings. The van der Waals surface area contributed by atoms with Crippen molar-refractivity contribution < 1.29 is 23.1 Å². The van der Waals surface area contributed by atoms with Crippen molar-refractivity contribution in [2.24, 2.45) is 0 Å². The van der Waals surface area contributed by atoms with E-state index in [9.17, 15) is 22.8 Å². The molecule has 0 aliphatic heterocycles. The van der Waals surface area contributed by atoms with Crippen LogP contribution in [-0.4, -0.2) is 15.6 Å². The summed E-state index contributed by atoms with van der Waals surface area (Å²) in [5, 5.41) is 8.85. The van der Waals surface area contributed by atoms with Gasteiger partial charge >= 0.3 is 12.1 Å². The average Bonchev–Trinajstić information content (AvgIpc) is 2.40. The van der Waals surface area contributed by atoms with Crippen molar-refractivity contribution in [1.82, 2.24) is 4.57 Å². The Bertz CT molecular complexity index is 717. The molecule has 0 atom stereocenters. The van der Waals surface area contributed by atoms with Gasteiger partial charge in [0.1, 0.15) is 0 Å². The number of aromatic nitrogens is 1. The molecule has 0 amide bonds. The minimum absolute atomic E-state index is 0.00189. The minimum atomic E-state index is -4.42. The first kappa shape index (κ1) is 14.8. The number of alkyl halides is 3. The smallest absolute Gasteiger partial charge is 0.416 e. The summed E-state index contributed by atoms with van der Waals surface area (Å²) in [5.41, 5.74) is -0.813. The van der Waals surface area contributed by atoms with Crippen molar-refractivity contribution in [2.45, 2.75) is 12.7 Å². The molecule has 0 aliphatic rings. The van der Waals surface area contributed by atoms with E-state index in [4.69, 9.17) is 5.11 Å². The van der Waals surface area contributed by atoms with Gasteiger partial charge in [0.05, 0.1) is 17.7 Å². The Kier molecular flexibility index (Phi) is 3.84. The van der Waals surface area contributed by atoms with Crippen LogP contribution >= 0.6 is 0 Å². The zero-order chi connectivity index (χ0) is 15.6. The van der Waals surface area contributed by atoms with Crippen molar-refractivity contribution in [3.05, 3.63) is 69.6 Å². The second kappa shape index (κ2) is 5.43. The van der Waals surface area contributed by atoms with E-state index in [1.807, 2.05) is 0 Å². The highest BCUT2D eigenvalue weighted by Gasteiger charge is 2.29. The molecule has 21 heavy (non-hydrogen) atoms.